The lowest BCUT2D eigenvalue weighted by molar-refractivity contribution is -0.143. The van der Waals surface area contributed by atoms with Gasteiger partial charge < -0.3 is 29.0 Å². The Balaban J connectivity index is 3.02. The molecule has 0 radical (unpaired) electrons. The Bertz CT molecular complexity index is 931. The SMILES string of the molecule is CCCC(C)C(=O)Oc1ccc(C[C@H](NCCOC(=O)OCC(C)C)C(=O)OC)cc1OC(=O)C(C)CCC. The first-order valence-electron chi connectivity index (χ1n) is 13.7. The van der Waals surface area contributed by atoms with Crippen LogP contribution in [0.1, 0.15) is 72.8 Å². The van der Waals surface area contributed by atoms with E-state index in [-0.39, 0.29) is 55.4 Å². The fourth-order valence-electron chi connectivity index (χ4n) is 3.62. The minimum atomic E-state index is -0.776. The van der Waals surface area contributed by atoms with Crippen LogP contribution in [-0.4, -0.2) is 57.0 Å². The van der Waals surface area contributed by atoms with Crippen LogP contribution in [0.2, 0.25) is 0 Å². The highest BCUT2D eigenvalue weighted by Crippen LogP contribution is 2.31. The van der Waals surface area contributed by atoms with Gasteiger partial charge >= 0.3 is 24.1 Å². The molecule has 2 unspecified atom stereocenters. The Labute approximate surface area is 232 Å². The average Bonchev–Trinajstić information content (AvgIpc) is 2.90. The molecule has 1 aromatic rings. The molecule has 0 aliphatic carbocycles. The number of benzene rings is 1. The van der Waals surface area contributed by atoms with E-state index < -0.39 is 30.1 Å². The summed E-state index contributed by atoms with van der Waals surface area (Å²) in [5.41, 5.74) is 0.641. The fraction of sp³-hybridized carbons (Fsp3) is 0.655. The summed E-state index contributed by atoms with van der Waals surface area (Å²) in [6, 6.07) is 4.06. The molecule has 10 heteroatoms. The maximum absolute atomic E-state index is 12.7. The second-order valence-electron chi connectivity index (χ2n) is 10.0. The van der Waals surface area contributed by atoms with Crippen molar-refractivity contribution >= 4 is 24.1 Å². The molecule has 0 aliphatic rings. The first kappa shape index (κ1) is 33.9. The summed E-state index contributed by atoms with van der Waals surface area (Å²) < 4.78 is 26.1. The summed E-state index contributed by atoms with van der Waals surface area (Å²) in [5, 5.41) is 3.01. The Hall–Kier alpha value is -3.14. The highest BCUT2D eigenvalue weighted by Gasteiger charge is 2.24. The monoisotopic (exact) mass is 551 g/mol. The molecule has 10 nitrogen and oxygen atoms in total. The lowest BCUT2D eigenvalue weighted by Crippen LogP contribution is -2.41. The van der Waals surface area contributed by atoms with Crippen molar-refractivity contribution in [3.8, 4) is 11.5 Å². The van der Waals surface area contributed by atoms with Crippen molar-refractivity contribution in [2.24, 2.45) is 17.8 Å². The number of hydrogen-bond acceptors (Lipinski definition) is 10. The van der Waals surface area contributed by atoms with Gasteiger partial charge in [0.2, 0.25) is 0 Å². The van der Waals surface area contributed by atoms with E-state index in [4.69, 9.17) is 23.7 Å². The summed E-state index contributed by atoms with van der Waals surface area (Å²) in [5.74, 6) is -1.57. The molecule has 1 aromatic carbocycles. The van der Waals surface area contributed by atoms with Gasteiger partial charge in [-0.05, 0) is 42.9 Å². The Morgan fingerprint density at radius 1 is 0.821 bits per heavy atom. The topological polar surface area (TPSA) is 126 Å². The number of carbonyl (C=O) groups excluding carboxylic acids is 4. The highest BCUT2D eigenvalue weighted by atomic mass is 16.7. The third-order valence-electron chi connectivity index (χ3n) is 5.85. The number of carbonyl (C=O) groups is 4. The van der Waals surface area contributed by atoms with Crippen LogP contribution < -0.4 is 14.8 Å². The molecule has 0 saturated carbocycles. The number of rotatable bonds is 17. The zero-order valence-electron chi connectivity index (χ0n) is 24.4. The molecule has 0 heterocycles. The van der Waals surface area contributed by atoms with Gasteiger partial charge in [-0.15, -0.1) is 0 Å². The number of ether oxygens (including phenoxy) is 5. The smallest absolute Gasteiger partial charge is 0.468 e. The lowest BCUT2D eigenvalue weighted by atomic mass is 10.0. The summed E-state index contributed by atoms with van der Waals surface area (Å²) in [7, 11) is 1.28. The van der Waals surface area contributed by atoms with Crippen LogP contribution in [0.4, 0.5) is 4.79 Å². The second kappa shape index (κ2) is 18.2. The van der Waals surface area contributed by atoms with Crippen LogP contribution in [-0.2, 0) is 35.0 Å². The van der Waals surface area contributed by atoms with Crippen molar-refractivity contribution in [3.63, 3.8) is 0 Å². The van der Waals surface area contributed by atoms with Crippen molar-refractivity contribution in [3.05, 3.63) is 23.8 Å². The van der Waals surface area contributed by atoms with Crippen LogP contribution >= 0.6 is 0 Å². The van der Waals surface area contributed by atoms with Gasteiger partial charge in [0, 0.05) is 6.54 Å². The molecule has 0 amide bonds. The van der Waals surface area contributed by atoms with Crippen molar-refractivity contribution in [1.82, 2.24) is 5.32 Å². The van der Waals surface area contributed by atoms with Gasteiger partial charge in [0.05, 0.1) is 25.6 Å². The van der Waals surface area contributed by atoms with Gasteiger partial charge in [0.25, 0.3) is 0 Å². The van der Waals surface area contributed by atoms with Gasteiger partial charge in [0.15, 0.2) is 11.5 Å². The van der Waals surface area contributed by atoms with E-state index >= 15 is 0 Å². The first-order valence-corrected chi connectivity index (χ1v) is 13.7. The molecule has 0 fully saturated rings. The van der Waals surface area contributed by atoms with Crippen molar-refractivity contribution in [2.45, 2.75) is 79.7 Å². The summed E-state index contributed by atoms with van der Waals surface area (Å²) >= 11 is 0. The van der Waals surface area contributed by atoms with Gasteiger partial charge in [0.1, 0.15) is 12.6 Å². The average molecular weight is 552 g/mol. The third kappa shape index (κ3) is 13.0. The standard InChI is InChI=1S/C29H45NO9/c1-8-10-20(5)26(31)38-24-13-12-22(17-25(24)39-27(32)21(6)11-9-2)16-23(28(33)35-7)30-14-15-36-29(34)37-18-19(3)4/h12-13,17,19-21,23,30H,8-11,14-16,18H2,1-7H3/t20?,21?,23-/m0/s1. The van der Waals surface area contributed by atoms with Crippen molar-refractivity contribution in [2.75, 3.05) is 26.9 Å². The zero-order valence-corrected chi connectivity index (χ0v) is 24.4. The normalized spacial score (nSPS) is 13.2. The Morgan fingerprint density at radius 3 is 1.95 bits per heavy atom. The van der Waals surface area contributed by atoms with Crippen LogP contribution in [0.5, 0.6) is 11.5 Å². The molecular weight excluding hydrogens is 506 g/mol. The number of methoxy groups -OCH3 is 1. The van der Waals surface area contributed by atoms with E-state index in [9.17, 15) is 19.2 Å². The van der Waals surface area contributed by atoms with E-state index in [1.54, 1.807) is 32.0 Å². The van der Waals surface area contributed by atoms with E-state index in [1.165, 1.54) is 7.11 Å². The third-order valence-corrected chi connectivity index (χ3v) is 5.85. The minimum Gasteiger partial charge on any atom is -0.468 e. The number of hydrogen-bond donors (Lipinski definition) is 1. The summed E-state index contributed by atoms with van der Waals surface area (Å²) in [4.78, 5) is 49.3. The molecule has 1 rings (SSSR count). The lowest BCUT2D eigenvalue weighted by Gasteiger charge is -2.19. The zero-order chi connectivity index (χ0) is 29.4. The number of nitrogens with one attached hydrogen (secondary N) is 1. The quantitative estimate of drug-likeness (QED) is 0.163. The minimum absolute atomic E-state index is 0.00651. The van der Waals surface area contributed by atoms with E-state index in [0.717, 1.165) is 12.8 Å². The van der Waals surface area contributed by atoms with Gasteiger partial charge in [-0.2, -0.15) is 0 Å². The molecule has 220 valence electrons. The van der Waals surface area contributed by atoms with Gasteiger partial charge in [-0.3, -0.25) is 14.4 Å². The summed E-state index contributed by atoms with van der Waals surface area (Å²) in [6.07, 6.45) is 2.38. The Kier molecular flexibility index (Phi) is 15.8. The molecule has 39 heavy (non-hydrogen) atoms. The molecule has 0 saturated heterocycles. The van der Waals surface area contributed by atoms with Crippen LogP contribution in [0.25, 0.3) is 0 Å². The highest BCUT2D eigenvalue weighted by molar-refractivity contribution is 5.79. The fourth-order valence-corrected chi connectivity index (χ4v) is 3.62. The predicted octanol–water partition coefficient (Wildman–Crippen LogP) is 4.85. The van der Waals surface area contributed by atoms with E-state index in [1.807, 2.05) is 27.7 Å². The maximum Gasteiger partial charge on any atom is 0.508 e. The van der Waals surface area contributed by atoms with E-state index in [0.29, 0.717) is 18.4 Å². The maximum atomic E-state index is 12.7. The molecule has 1 N–H and O–H groups in total. The number of esters is 3. The molecule has 3 atom stereocenters. The van der Waals surface area contributed by atoms with Gasteiger partial charge in [-0.1, -0.05) is 60.5 Å². The first-order chi connectivity index (χ1) is 18.5. The van der Waals surface area contributed by atoms with Crippen LogP contribution in [0.3, 0.4) is 0 Å². The molecular formula is C29H45NO9. The predicted molar refractivity (Wildman–Crippen MR) is 146 cm³/mol. The largest absolute Gasteiger partial charge is 0.508 e. The molecule has 0 aromatic heterocycles. The van der Waals surface area contributed by atoms with Crippen LogP contribution in [0, 0.1) is 17.8 Å². The van der Waals surface area contributed by atoms with E-state index in [2.05, 4.69) is 5.32 Å². The molecule has 0 bridgehead atoms. The van der Waals surface area contributed by atoms with Crippen molar-refractivity contribution in [1.29, 1.82) is 0 Å². The molecule has 0 spiro atoms. The summed E-state index contributed by atoms with van der Waals surface area (Å²) in [6.45, 7) is 11.8. The second-order valence-corrected chi connectivity index (χ2v) is 10.0. The van der Waals surface area contributed by atoms with Crippen molar-refractivity contribution < 1.29 is 42.9 Å². The van der Waals surface area contributed by atoms with Crippen LogP contribution in [0.15, 0.2) is 18.2 Å². The molecule has 0 aliphatic heterocycles. The van der Waals surface area contributed by atoms with Gasteiger partial charge in [-0.25, -0.2) is 4.79 Å². The Morgan fingerprint density at radius 2 is 1.41 bits per heavy atom.